The van der Waals surface area contributed by atoms with Crippen molar-refractivity contribution < 1.29 is 5.11 Å². The number of pyridine rings is 1. The topological polar surface area (TPSA) is 39.6 Å². The summed E-state index contributed by atoms with van der Waals surface area (Å²) in [7, 11) is 0. The van der Waals surface area contributed by atoms with Crippen LogP contribution in [0.1, 0.15) is 31.2 Å². The van der Waals surface area contributed by atoms with Gasteiger partial charge in [0.15, 0.2) is 0 Å². The van der Waals surface area contributed by atoms with Gasteiger partial charge in [0.1, 0.15) is 5.82 Å². The van der Waals surface area contributed by atoms with Crippen LogP contribution in [0.5, 0.6) is 0 Å². The van der Waals surface area contributed by atoms with Crippen LogP contribution in [-0.2, 0) is 6.54 Å². The lowest BCUT2D eigenvalue weighted by molar-refractivity contribution is 0.0792. The van der Waals surface area contributed by atoms with Crippen molar-refractivity contribution in [2.75, 3.05) is 31.1 Å². The Hall–Kier alpha value is -1.13. The van der Waals surface area contributed by atoms with Crippen molar-refractivity contribution in [3.8, 4) is 0 Å². The molecule has 3 rings (SSSR count). The van der Waals surface area contributed by atoms with Crippen LogP contribution in [-0.4, -0.2) is 47.3 Å². The minimum Gasteiger partial charge on any atom is -0.393 e. The first-order chi connectivity index (χ1) is 9.31. The van der Waals surface area contributed by atoms with Crippen molar-refractivity contribution in [3.05, 3.63) is 23.9 Å². The SMILES string of the molecule is OC1CCN(Cc2ccc(N3CCCC3)nc2)CC1. The highest BCUT2D eigenvalue weighted by atomic mass is 16.3. The average molecular weight is 261 g/mol. The molecule has 1 N–H and O–H groups in total. The second-order valence-corrected chi connectivity index (χ2v) is 5.73. The van der Waals surface area contributed by atoms with Crippen LogP contribution < -0.4 is 4.90 Å². The van der Waals surface area contributed by atoms with E-state index in [0.29, 0.717) is 0 Å². The van der Waals surface area contributed by atoms with Gasteiger partial charge in [-0.05, 0) is 37.3 Å². The lowest BCUT2D eigenvalue weighted by atomic mass is 10.1. The smallest absolute Gasteiger partial charge is 0.128 e. The molecule has 0 bridgehead atoms. The summed E-state index contributed by atoms with van der Waals surface area (Å²) in [5.74, 6) is 1.12. The summed E-state index contributed by atoms with van der Waals surface area (Å²) in [6, 6.07) is 4.35. The van der Waals surface area contributed by atoms with Crippen molar-refractivity contribution in [2.24, 2.45) is 0 Å². The van der Waals surface area contributed by atoms with E-state index in [1.54, 1.807) is 0 Å². The summed E-state index contributed by atoms with van der Waals surface area (Å²) in [6.07, 6.45) is 6.31. The molecule has 2 saturated heterocycles. The Morgan fingerprint density at radius 3 is 2.47 bits per heavy atom. The summed E-state index contributed by atoms with van der Waals surface area (Å²) in [6.45, 7) is 5.25. The first-order valence-electron chi connectivity index (χ1n) is 7.41. The minimum atomic E-state index is -0.0908. The maximum Gasteiger partial charge on any atom is 0.128 e. The van der Waals surface area contributed by atoms with Crippen LogP contribution in [0.25, 0.3) is 0 Å². The molecule has 3 heterocycles. The molecule has 0 amide bonds. The Morgan fingerprint density at radius 2 is 1.84 bits per heavy atom. The molecule has 1 aromatic rings. The van der Waals surface area contributed by atoms with Crippen LogP contribution in [0.15, 0.2) is 18.3 Å². The van der Waals surface area contributed by atoms with E-state index in [-0.39, 0.29) is 6.10 Å². The van der Waals surface area contributed by atoms with E-state index in [1.165, 1.54) is 18.4 Å². The van der Waals surface area contributed by atoms with Crippen LogP contribution in [0.4, 0.5) is 5.82 Å². The van der Waals surface area contributed by atoms with Gasteiger partial charge in [-0.3, -0.25) is 4.90 Å². The number of aliphatic hydroxyl groups is 1. The zero-order valence-electron chi connectivity index (χ0n) is 11.5. The quantitative estimate of drug-likeness (QED) is 0.898. The lowest BCUT2D eigenvalue weighted by Crippen LogP contribution is -2.35. The minimum absolute atomic E-state index is 0.0908. The monoisotopic (exact) mass is 261 g/mol. The molecule has 2 aliphatic rings. The molecule has 104 valence electrons. The van der Waals surface area contributed by atoms with E-state index in [9.17, 15) is 5.11 Å². The number of nitrogens with zero attached hydrogens (tertiary/aromatic N) is 3. The van der Waals surface area contributed by atoms with Gasteiger partial charge < -0.3 is 10.0 Å². The molecule has 1 aromatic heterocycles. The van der Waals surface area contributed by atoms with Gasteiger partial charge in [0.2, 0.25) is 0 Å². The van der Waals surface area contributed by atoms with E-state index in [4.69, 9.17) is 0 Å². The van der Waals surface area contributed by atoms with Gasteiger partial charge in [-0.25, -0.2) is 4.98 Å². The van der Waals surface area contributed by atoms with Gasteiger partial charge in [0, 0.05) is 38.9 Å². The molecular weight excluding hydrogens is 238 g/mol. The van der Waals surface area contributed by atoms with Crippen LogP contribution in [0.2, 0.25) is 0 Å². The summed E-state index contributed by atoms with van der Waals surface area (Å²) in [5, 5.41) is 9.51. The third kappa shape index (κ3) is 3.25. The Morgan fingerprint density at radius 1 is 1.11 bits per heavy atom. The summed E-state index contributed by atoms with van der Waals surface area (Å²) in [4.78, 5) is 9.36. The Kier molecular flexibility index (Phi) is 3.99. The molecule has 0 atom stereocenters. The highest BCUT2D eigenvalue weighted by molar-refractivity contribution is 5.40. The number of likely N-dealkylation sites (tertiary alicyclic amines) is 1. The van der Waals surface area contributed by atoms with Gasteiger partial charge in [0.05, 0.1) is 6.10 Å². The summed E-state index contributed by atoms with van der Waals surface area (Å²) < 4.78 is 0. The molecule has 0 saturated carbocycles. The maximum absolute atomic E-state index is 9.51. The Bertz CT molecular complexity index is 392. The molecule has 0 aromatic carbocycles. The van der Waals surface area contributed by atoms with Gasteiger partial charge in [-0.2, -0.15) is 0 Å². The molecule has 2 aliphatic heterocycles. The highest BCUT2D eigenvalue weighted by Crippen LogP contribution is 2.19. The summed E-state index contributed by atoms with van der Waals surface area (Å²) >= 11 is 0. The van der Waals surface area contributed by atoms with E-state index >= 15 is 0 Å². The van der Waals surface area contributed by atoms with Crippen LogP contribution in [0, 0.1) is 0 Å². The maximum atomic E-state index is 9.51. The average Bonchev–Trinajstić information content (AvgIpc) is 2.96. The standard InChI is InChI=1S/C15H23N3O/c19-14-5-9-17(10-6-14)12-13-3-4-15(16-11-13)18-7-1-2-8-18/h3-4,11,14,19H,1-2,5-10,12H2. The zero-order chi connectivity index (χ0) is 13.1. The summed E-state index contributed by atoms with van der Waals surface area (Å²) in [5.41, 5.74) is 1.28. The third-order valence-corrected chi connectivity index (χ3v) is 4.20. The van der Waals surface area contributed by atoms with Crippen LogP contribution >= 0.6 is 0 Å². The predicted molar refractivity (Wildman–Crippen MR) is 76.2 cm³/mol. The van der Waals surface area contributed by atoms with Crippen molar-refractivity contribution >= 4 is 5.82 Å². The van der Waals surface area contributed by atoms with Crippen molar-refractivity contribution in [1.82, 2.24) is 9.88 Å². The molecule has 0 spiro atoms. The third-order valence-electron chi connectivity index (χ3n) is 4.20. The highest BCUT2D eigenvalue weighted by Gasteiger charge is 2.17. The fraction of sp³-hybridized carbons (Fsp3) is 0.667. The van der Waals surface area contributed by atoms with E-state index < -0.39 is 0 Å². The van der Waals surface area contributed by atoms with Gasteiger partial charge in [0.25, 0.3) is 0 Å². The molecule has 4 nitrogen and oxygen atoms in total. The number of aliphatic hydroxyl groups excluding tert-OH is 1. The molecule has 19 heavy (non-hydrogen) atoms. The first-order valence-corrected chi connectivity index (χ1v) is 7.41. The van der Waals surface area contributed by atoms with E-state index in [1.807, 2.05) is 6.20 Å². The largest absolute Gasteiger partial charge is 0.393 e. The number of hydrogen-bond donors (Lipinski definition) is 1. The molecule has 0 radical (unpaired) electrons. The fourth-order valence-electron chi connectivity index (χ4n) is 2.98. The van der Waals surface area contributed by atoms with Gasteiger partial charge >= 0.3 is 0 Å². The van der Waals surface area contributed by atoms with Crippen molar-refractivity contribution in [1.29, 1.82) is 0 Å². The molecule has 0 aliphatic carbocycles. The Balaban J connectivity index is 1.56. The molecular formula is C15H23N3O. The Labute approximate surface area is 115 Å². The fourth-order valence-corrected chi connectivity index (χ4v) is 2.98. The second kappa shape index (κ2) is 5.88. The number of aromatic nitrogens is 1. The van der Waals surface area contributed by atoms with Crippen molar-refractivity contribution in [3.63, 3.8) is 0 Å². The van der Waals surface area contributed by atoms with Crippen LogP contribution in [0.3, 0.4) is 0 Å². The first kappa shape index (κ1) is 12.9. The van der Waals surface area contributed by atoms with E-state index in [0.717, 1.165) is 51.4 Å². The second-order valence-electron chi connectivity index (χ2n) is 5.73. The predicted octanol–water partition coefficient (Wildman–Crippen LogP) is 1.64. The molecule has 2 fully saturated rings. The van der Waals surface area contributed by atoms with Gasteiger partial charge in [-0.15, -0.1) is 0 Å². The van der Waals surface area contributed by atoms with Gasteiger partial charge in [-0.1, -0.05) is 6.07 Å². The molecule has 4 heteroatoms. The number of piperidine rings is 1. The number of anilines is 1. The van der Waals surface area contributed by atoms with E-state index in [2.05, 4.69) is 26.9 Å². The normalized spacial score (nSPS) is 22.1. The zero-order valence-corrected chi connectivity index (χ0v) is 11.5. The lowest BCUT2D eigenvalue weighted by Gasteiger charge is -2.29. The number of rotatable bonds is 3. The molecule has 0 unspecified atom stereocenters. The number of hydrogen-bond acceptors (Lipinski definition) is 4. The van der Waals surface area contributed by atoms with Crippen molar-refractivity contribution in [2.45, 2.75) is 38.3 Å².